The van der Waals surface area contributed by atoms with E-state index >= 15 is 0 Å². The van der Waals surface area contributed by atoms with E-state index in [-0.39, 0.29) is 11.5 Å². The van der Waals surface area contributed by atoms with Crippen molar-refractivity contribution in [3.8, 4) is 0 Å². The number of aromatic carboxylic acids is 1. The van der Waals surface area contributed by atoms with Gasteiger partial charge < -0.3 is 15.0 Å². The van der Waals surface area contributed by atoms with Crippen LogP contribution in [0.5, 0.6) is 0 Å². The van der Waals surface area contributed by atoms with Gasteiger partial charge in [-0.15, -0.1) is 0 Å². The number of carboxylic acid groups (broad SMARTS) is 1. The zero-order valence-corrected chi connectivity index (χ0v) is 6.78. The minimum Gasteiger partial charge on any atom is -0.478 e. The number of carbonyl (C=O) groups is 2. The summed E-state index contributed by atoms with van der Waals surface area (Å²) in [5.74, 6) is -1.21. The van der Waals surface area contributed by atoms with Crippen LogP contribution in [0.1, 0.15) is 20.8 Å². The number of amides is 1. The molecule has 0 aromatic carbocycles. The monoisotopic (exact) mass is 180 g/mol. The Kier molecular flexibility index (Phi) is 1.58. The number of aromatic nitrogens is 1. The van der Waals surface area contributed by atoms with Crippen LogP contribution in [-0.2, 0) is 6.54 Å². The molecular formula is C8H8N2O3. The van der Waals surface area contributed by atoms with E-state index in [1.165, 1.54) is 12.3 Å². The van der Waals surface area contributed by atoms with Crippen LogP contribution in [0.4, 0.5) is 0 Å². The van der Waals surface area contributed by atoms with Crippen LogP contribution >= 0.6 is 0 Å². The Balaban J connectivity index is 2.48. The number of rotatable bonds is 1. The van der Waals surface area contributed by atoms with Gasteiger partial charge in [0.1, 0.15) is 5.69 Å². The van der Waals surface area contributed by atoms with Crippen LogP contribution in [0.3, 0.4) is 0 Å². The summed E-state index contributed by atoms with van der Waals surface area (Å²) in [7, 11) is 0. The molecule has 2 N–H and O–H groups in total. The lowest BCUT2D eigenvalue weighted by atomic mass is 10.3. The summed E-state index contributed by atoms with van der Waals surface area (Å²) in [6.07, 6.45) is 1.48. The maximum atomic E-state index is 11.2. The molecule has 0 saturated carbocycles. The maximum absolute atomic E-state index is 11.2. The zero-order valence-electron chi connectivity index (χ0n) is 6.78. The number of carbonyl (C=O) groups excluding carboxylic acids is 1. The molecule has 0 unspecified atom stereocenters. The van der Waals surface area contributed by atoms with Crippen LogP contribution in [-0.4, -0.2) is 28.1 Å². The molecule has 0 bridgehead atoms. The highest BCUT2D eigenvalue weighted by atomic mass is 16.4. The first-order chi connectivity index (χ1) is 6.18. The predicted octanol–water partition coefficient (Wildman–Crippen LogP) is -0.0703. The van der Waals surface area contributed by atoms with Crippen LogP contribution in [0.15, 0.2) is 12.3 Å². The van der Waals surface area contributed by atoms with Crippen LogP contribution in [0.2, 0.25) is 0 Å². The molecule has 13 heavy (non-hydrogen) atoms. The Morgan fingerprint density at radius 1 is 1.62 bits per heavy atom. The molecule has 5 heteroatoms. The molecule has 1 amide bonds. The predicted molar refractivity (Wildman–Crippen MR) is 43.7 cm³/mol. The van der Waals surface area contributed by atoms with E-state index < -0.39 is 5.97 Å². The van der Waals surface area contributed by atoms with E-state index in [4.69, 9.17) is 5.11 Å². The van der Waals surface area contributed by atoms with Crippen molar-refractivity contribution >= 4 is 11.9 Å². The smallest absolute Gasteiger partial charge is 0.337 e. The summed E-state index contributed by atoms with van der Waals surface area (Å²) < 4.78 is 1.66. The molecule has 1 aromatic heterocycles. The Bertz CT molecular complexity index is 381. The van der Waals surface area contributed by atoms with Gasteiger partial charge in [-0.2, -0.15) is 0 Å². The fraction of sp³-hybridized carbons (Fsp3) is 0.250. The summed E-state index contributed by atoms with van der Waals surface area (Å²) in [5.41, 5.74) is 0.579. The molecule has 5 nitrogen and oxygen atoms in total. The Morgan fingerprint density at radius 2 is 2.38 bits per heavy atom. The average molecular weight is 180 g/mol. The molecule has 1 aromatic rings. The van der Waals surface area contributed by atoms with Gasteiger partial charge in [0, 0.05) is 19.3 Å². The van der Waals surface area contributed by atoms with E-state index in [0.29, 0.717) is 18.8 Å². The summed E-state index contributed by atoms with van der Waals surface area (Å²) in [4.78, 5) is 21.8. The van der Waals surface area contributed by atoms with Crippen molar-refractivity contribution in [2.45, 2.75) is 6.54 Å². The van der Waals surface area contributed by atoms with Gasteiger partial charge in [-0.1, -0.05) is 0 Å². The minimum atomic E-state index is -1.00. The standard InChI is InChI=1S/C8H8N2O3/c11-7-6-3-5(8(12)13)4-10(6)2-1-9-7/h3-4H,1-2H2,(H,9,11)(H,12,13). The van der Waals surface area contributed by atoms with E-state index in [1.807, 2.05) is 0 Å². The van der Waals surface area contributed by atoms with Gasteiger partial charge >= 0.3 is 5.97 Å². The Morgan fingerprint density at radius 3 is 3.00 bits per heavy atom. The van der Waals surface area contributed by atoms with Crippen LogP contribution < -0.4 is 5.32 Å². The van der Waals surface area contributed by atoms with Gasteiger partial charge in [-0.25, -0.2) is 4.79 Å². The van der Waals surface area contributed by atoms with E-state index in [1.54, 1.807) is 4.57 Å². The van der Waals surface area contributed by atoms with Gasteiger partial charge in [0.05, 0.1) is 5.56 Å². The first-order valence-corrected chi connectivity index (χ1v) is 3.90. The van der Waals surface area contributed by atoms with Crippen LogP contribution in [0, 0.1) is 0 Å². The third-order valence-electron chi connectivity index (χ3n) is 2.01. The molecule has 0 radical (unpaired) electrons. The van der Waals surface area contributed by atoms with Gasteiger partial charge in [0.15, 0.2) is 0 Å². The van der Waals surface area contributed by atoms with Crippen molar-refractivity contribution in [1.29, 1.82) is 0 Å². The molecular weight excluding hydrogens is 172 g/mol. The van der Waals surface area contributed by atoms with Crippen molar-refractivity contribution in [2.75, 3.05) is 6.54 Å². The molecule has 0 saturated heterocycles. The molecule has 2 heterocycles. The molecule has 1 aliphatic heterocycles. The first-order valence-electron chi connectivity index (χ1n) is 3.90. The number of hydrogen-bond acceptors (Lipinski definition) is 2. The summed E-state index contributed by atoms with van der Waals surface area (Å²) in [6.45, 7) is 1.19. The maximum Gasteiger partial charge on any atom is 0.337 e. The summed E-state index contributed by atoms with van der Waals surface area (Å²) >= 11 is 0. The second-order valence-electron chi connectivity index (χ2n) is 2.87. The fourth-order valence-corrected chi connectivity index (χ4v) is 1.38. The van der Waals surface area contributed by atoms with Crippen LogP contribution in [0.25, 0.3) is 0 Å². The van der Waals surface area contributed by atoms with Crippen molar-refractivity contribution in [3.63, 3.8) is 0 Å². The van der Waals surface area contributed by atoms with Gasteiger partial charge in [0.25, 0.3) is 5.91 Å². The lowest BCUT2D eigenvalue weighted by Gasteiger charge is -2.14. The number of nitrogens with zero attached hydrogens (tertiary/aromatic N) is 1. The van der Waals surface area contributed by atoms with E-state index in [9.17, 15) is 9.59 Å². The first kappa shape index (κ1) is 7.85. The average Bonchev–Trinajstić information content (AvgIpc) is 2.49. The summed E-state index contributed by atoms with van der Waals surface area (Å²) in [5, 5.41) is 11.3. The van der Waals surface area contributed by atoms with Crippen molar-refractivity contribution in [1.82, 2.24) is 9.88 Å². The highest BCUT2D eigenvalue weighted by Gasteiger charge is 2.19. The highest BCUT2D eigenvalue weighted by Crippen LogP contribution is 2.11. The highest BCUT2D eigenvalue weighted by molar-refractivity contribution is 5.97. The minimum absolute atomic E-state index is 0.159. The molecule has 68 valence electrons. The van der Waals surface area contributed by atoms with Gasteiger partial charge in [-0.05, 0) is 6.07 Å². The quantitative estimate of drug-likeness (QED) is 0.635. The Labute approximate surface area is 74.0 Å². The molecule has 0 aliphatic carbocycles. The molecule has 0 fully saturated rings. The molecule has 2 rings (SSSR count). The second kappa shape index (κ2) is 2.62. The van der Waals surface area contributed by atoms with Crippen molar-refractivity contribution in [2.24, 2.45) is 0 Å². The molecule has 0 spiro atoms. The second-order valence-corrected chi connectivity index (χ2v) is 2.87. The van der Waals surface area contributed by atoms with Gasteiger partial charge in [-0.3, -0.25) is 4.79 Å². The third-order valence-corrected chi connectivity index (χ3v) is 2.01. The lowest BCUT2D eigenvalue weighted by Crippen LogP contribution is -2.34. The lowest BCUT2D eigenvalue weighted by molar-refractivity contribution is 0.0696. The van der Waals surface area contributed by atoms with Crippen molar-refractivity contribution in [3.05, 3.63) is 23.5 Å². The topological polar surface area (TPSA) is 71.3 Å². The number of fused-ring (bicyclic) bond motifs is 1. The summed E-state index contributed by atoms with van der Waals surface area (Å²) in [6, 6.07) is 1.39. The number of carboxylic acids is 1. The normalized spacial score (nSPS) is 14.9. The third kappa shape index (κ3) is 1.18. The van der Waals surface area contributed by atoms with Crippen molar-refractivity contribution < 1.29 is 14.7 Å². The van der Waals surface area contributed by atoms with E-state index in [0.717, 1.165) is 0 Å². The molecule has 1 aliphatic rings. The SMILES string of the molecule is O=C(O)c1cc2n(c1)CCNC2=O. The van der Waals surface area contributed by atoms with Gasteiger partial charge in [0.2, 0.25) is 0 Å². The number of hydrogen-bond donors (Lipinski definition) is 2. The van der Waals surface area contributed by atoms with E-state index in [2.05, 4.69) is 5.32 Å². The number of nitrogens with one attached hydrogen (secondary N) is 1. The Hall–Kier alpha value is -1.78. The largest absolute Gasteiger partial charge is 0.478 e. The molecule has 0 atom stereocenters. The zero-order chi connectivity index (χ0) is 9.42. The fourth-order valence-electron chi connectivity index (χ4n) is 1.38.